The summed E-state index contributed by atoms with van der Waals surface area (Å²) >= 11 is 0. The van der Waals surface area contributed by atoms with E-state index in [-0.39, 0.29) is 18.9 Å². The van der Waals surface area contributed by atoms with Crippen molar-refractivity contribution in [1.29, 1.82) is 0 Å². The van der Waals surface area contributed by atoms with E-state index in [2.05, 4.69) is 116 Å². The number of aliphatic hydroxyl groups is 11. The van der Waals surface area contributed by atoms with Crippen LogP contribution in [0.1, 0.15) is 194 Å². The summed E-state index contributed by atoms with van der Waals surface area (Å²) in [6, 6.07) is -0.995. The Morgan fingerprint density at radius 2 is 0.775 bits per heavy atom. The Hall–Kier alpha value is -3.55. The molecule has 17 atom stereocenters. The van der Waals surface area contributed by atoms with Crippen molar-refractivity contribution >= 4 is 5.91 Å². The first kappa shape index (κ1) is 79.7. The highest BCUT2D eigenvalue weighted by Crippen LogP contribution is 2.33. The zero-order valence-corrected chi connectivity index (χ0v) is 53.6. The number of carbonyl (C=O) groups is 1. The number of aliphatic hydroxyl groups excluding tert-OH is 11. The molecule has 3 heterocycles. The van der Waals surface area contributed by atoms with Gasteiger partial charge in [0.25, 0.3) is 0 Å². The Kier molecular flexibility index (Phi) is 45.6. The lowest BCUT2D eigenvalue weighted by Gasteiger charge is -2.48. The molecular formula is C70H117NO18. The van der Waals surface area contributed by atoms with Crippen LogP contribution in [0.4, 0.5) is 0 Å². The molecule has 0 aliphatic carbocycles. The molecule has 3 aliphatic heterocycles. The van der Waals surface area contributed by atoms with Gasteiger partial charge in [-0.05, 0) is 83.5 Å². The summed E-state index contributed by atoms with van der Waals surface area (Å²) in [6.07, 6.45) is 40.5. The molecule has 0 radical (unpaired) electrons. The molecule has 0 spiro atoms. The molecule has 17 unspecified atom stereocenters. The van der Waals surface area contributed by atoms with Crippen LogP contribution in [0.15, 0.2) is 109 Å². The first-order chi connectivity index (χ1) is 43.3. The molecule has 0 aromatic rings. The molecular weight excluding hydrogens is 1140 g/mol. The van der Waals surface area contributed by atoms with Gasteiger partial charge < -0.3 is 89.9 Å². The predicted molar refractivity (Wildman–Crippen MR) is 346 cm³/mol. The molecule has 19 heteroatoms. The Bertz CT molecular complexity index is 2040. The normalized spacial score (nSPS) is 28.9. The minimum Gasteiger partial charge on any atom is -0.394 e. The molecule has 19 nitrogen and oxygen atoms in total. The van der Waals surface area contributed by atoms with Gasteiger partial charge in [-0.15, -0.1) is 0 Å². The molecule has 0 aromatic heterocycles. The van der Waals surface area contributed by atoms with Crippen LogP contribution in [0.3, 0.4) is 0 Å². The molecule has 1 amide bonds. The molecule has 0 aromatic carbocycles. The Labute approximate surface area is 532 Å². The number of hydrogen-bond donors (Lipinski definition) is 12. The molecule has 510 valence electrons. The van der Waals surface area contributed by atoms with E-state index in [1.807, 2.05) is 6.08 Å². The van der Waals surface area contributed by atoms with E-state index in [1.54, 1.807) is 6.08 Å². The van der Waals surface area contributed by atoms with Gasteiger partial charge in [-0.1, -0.05) is 213 Å². The third kappa shape index (κ3) is 33.2. The van der Waals surface area contributed by atoms with Crippen LogP contribution in [0.2, 0.25) is 0 Å². The highest BCUT2D eigenvalue weighted by molar-refractivity contribution is 5.76. The highest BCUT2D eigenvalue weighted by Gasteiger charge is 2.53. The summed E-state index contributed by atoms with van der Waals surface area (Å²) < 4.78 is 34.3. The largest absolute Gasteiger partial charge is 0.394 e. The molecule has 3 saturated heterocycles. The van der Waals surface area contributed by atoms with Crippen LogP contribution in [0, 0.1) is 0 Å². The van der Waals surface area contributed by atoms with Crippen LogP contribution in [0.5, 0.6) is 0 Å². The predicted octanol–water partition coefficient (Wildman–Crippen LogP) is 8.27. The summed E-state index contributed by atoms with van der Waals surface area (Å²) in [6.45, 7) is 1.57. The first-order valence-corrected chi connectivity index (χ1v) is 33.6. The van der Waals surface area contributed by atoms with Crippen molar-refractivity contribution in [2.45, 2.75) is 298 Å². The van der Waals surface area contributed by atoms with Crippen molar-refractivity contribution in [3.05, 3.63) is 109 Å². The van der Waals surface area contributed by atoms with Gasteiger partial charge in [-0.2, -0.15) is 0 Å². The van der Waals surface area contributed by atoms with Gasteiger partial charge in [0.1, 0.15) is 73.2 Å². The van der Waals surface area contributed by atoms with Crippen molar-refractivity contribution in [2.75, 3.05) is 26.4 Å². The number of nitrogens with one attached hydrogen (secondary N) is 1. The number of allylic oxidation sites excluding steroid dienone is 17. The molecule has 3 rings (SSSR count). The molecule has 0 bridgehead atoms. The van der Waals surface area contributed by atoms with Crippen molar-refractivity contribution in [1.82, 2.24) is 5.32 Å². The number of amides is 1. The van der Waals surface area contributed by atoms with Gasteiger partial charge in [0.05, 0.1) is 38.6 Å². The molecule has 0 saturated carbocycles. The van der Waals surface area contributed by atoms with Crippen LogP contribution in [-0.4, -0.2) is 193 Å². The summed E-state index contributed by atoms with van der Waals surface area (Å²) in [5.41, 5.74) is 0. The van der Waals surface area contributed by atoms with Crippen molar-refractivity contribution in [2.24, 2.45) is 0 Å². The van der Waals surface area contributed by atoms with Gasteiger partial charge in [-0.25, -0.2) is 0 Å². The fraction of sp³-hybridized carbons (Fsp3) is 0.729. The fourth-order valence-electron chi connectivity index (χ4n) is 10.6. The van der Waals surface area contributed by atoms with Gasteiger partial charge in [0.15, 0.2) is 18.9 Å². The average molecular weight is 1260 g/mol. The van der Waals surface area contributed by atoms with Crippen molar-refractivity contribution in [3.63, 3.8) is 0 Å². The van der Waals surface area contributed by atoms with Crippen LogP contribution >= 0.6 is 0 Å². The topological polar surface area (TPSA) is 307 Å². The molecule has 3 fully saturated rings. The monoisotopic (exact) mass is 1260 g/mol. The lowest BCUT2D eigenvalue weighted by atomic mass is 9.96. The first-order valence-electron chi connectivity index (χ1n) is 33.6. The summed E-state index contributed by atoms with van der Waals surface area (Å²) in [7, 11) is 0. The van der Waals surface area contributed by atoms with E-state index in [1.165, 1.54) is 64.2 Å². The van der Waals surface area contributed by atoms with Crippen molar-refractivity contribution in [3.8, 4) is 0 Å². The lowest BCUT2D eigenvalue weighted by Crippen LogP contribution is -2.66. The zero-order valence-electron chi connectivity index (χ0n) is 53.6. The van der Waals surface area contributed by atoms with E-state index in [0.29, 0.717) is 6.42 Å². The Morgan fingerprint density at radius 3 is 1.21 bits per heavy atom. The second-order valence-electron chi connectivity index (χ2n) is 23.6. The van der Waals surface area contributed by atoms with Gasteiger partial charge in [-0.3, -0.25) is 4.79 Å². The average Bonchev–Trinajstić information content (AvgIpc) is 2.42. The maximum Gasteiger partial charge on any atom is 0.220 e. The van der Waals surface area contributed by atoms with E-state index >= 15 is 0 Å². The summed E-state index contributed by atoms with van der Waals surface area (Å²) in [5.74, 6) is -0.305. The number of ether oxygens (including phenoxy) is 6. The SMILES string of the molecule is CC/C=C\C/C=C\C/C=C\C/C=C\C/C=C\C/C=C\C/C=C\C/C=C\CCCCCCC(=O)NC(COC1OC(CO)C(OC2OC(CO)C(OC3OC(CO)C(O)C(O)C3O)C(O)C2O)C(O)C1O)C(O)/C=C/CCCCCCCCCCCCCCC. The van der Waals surface area contributed by atoms with E-state index in [9.17, 15) is 61.0 Å². The number of unbranched alkanes of at least 4 members (excludes halogenated alkanes) is 17. The van der Waals surface area contributed by atoms with E-state index in [0.717, 1.165) is 103 Å². The molecule has 3 aliphatic rings. The Morgan fingerprint density at radius 1 is 0.416 bits per heavy atom. The van der Waals surface area contributed by atoms with Crippen LogP contribution < -0.4 is 5.32 Å². The number of hydrogen-bond acceptors (Lipinski definition) is 18. The van der Waals surface area contributed by atoms with E-state index in [4.69, 9.17) is 28.4 Å². The van der Waals surface area contributed by atoms with Gasteiger partial charge in [0.2, 0.25) is 5.91 Å². The van der Waals surface area contributed by atoms with Crippen LogP contribution in [0.25, 0.3) is 0 Å². The minimum atomic E-state index is -1.99. The maximum atomic E-state index is 13.4. The standard InChI is InChI=1S/C70H117NO18/c1-3-5-7-9-11-13-15-17-19-20-21-22-23-24-25-26-27-28-29-30-31-32-34-36-38-40-42-44-46-48-58(76)71-53(54(75)47-45-43-41-39-37-35-33-18-16-14-12-10-8-6-4-2)52-84-68-64(82)61(79)66(56(50-73)86-68)89-70-65(83)62(80)67(57(51-74)87-70)88-69-63(81)60(78)59(77)55(49-72)85-69/h5,7,11,13,17,19,21-22,24-25,27-28,30-31,34,36,45,47,53-57,59-70,72-75,77-83H,3-4,6,8-10,12,14-16,18,20,23,26,29,32-33,35,37-44,46,48-52H2,1-2H3,(H,71,76)/b7-5-,13-11-,19-17-,22-21-,25-24-,28-27-,31-30-,36-34-,47-45+. The third-order valence-corrected chi connectivity index (χ3v) is 16.1. The van der Waals surface area contributed by atoms with Gasteiger partial charge >= 0.3 is 0 Å². The quantitative estimate of drug-likeness (QED) is 0.0201. The number of rotatable bonds is 49. The molecule has 12 N–H and O–H groups in total. The minimum absolute atomic E-state index is 0.206. The summed E-state index contributed by atoms with van der Waals surface area (Å²) in [5, 5.41) is 120. The summed E-state index contributed by atoms with van der Waals surface area (Å²) in [4.78, 5) is 13.4. The molecule has 89 heavy (non-hydrogen) atoms. The Balaban J connectivity index is 1.45. The smallest absolute Gasteiger partial charge is 0.220 e. The van der Waals surface area contributed by atoms with E-state index < -0.39 is 124 Å². The van der Waals surface area contributed by atoms with Crippen LogP contribution in [-0.2, 0) is 33.2 Å². The fourth-order valence-corrected chi connectivity index (χ4v) is 10.6. The second kappa shape index (κ2) is 50.9. The highest BCUT2D eigenvalue weighted by atomic mass is 16.8. The number of carbonyl (C=O) groups excluding carboxylic acids is 1. The lowest BCUT2D eigenvalue weighted by molar-refractivity contribution is -0.379. The third-order valence-electron chi connectivity index (χ3n) is 16.1. The van der Waals surface area contributed by atoms with Gasteiger partial charge in [0, 0.05) is 6.42 Å². The zero-order chi connectivity index (χ0) is 64.7. The maximum absolute atomic E-state index is 13.4. The second-order valence-corrected chi connectivity index (χ2v) is 23.6. The van der Waals surface area contributed by atoms with Crippen molar-refractivity contribution < 1.29 is 89.4 Å².